The Labute approximate surface area is 110 Å². The molecule has 0 aromatic heterocycles. The number of aliphatic imine (C=N–C) groups is 1. The SMILES string of the molecule is CO[Si](CCC1CCC(N=C=O)CC1)(OC)OC. The van der Waals surface area contributed by atoms with Gasteiger partial charge in [0, 0.05) is 27.4 Å². The fourth-order valence-corrected chi connectivity index (χ4v) is 4.45. The first kappa shape index (κ1) is 15.5. The zero-order chi connectivity index (χ0) is 13.4. The number of rotatable bonds is 7. The first-order valence-corrected chi connectivity index (χ1v) is 8.35. The van der Waals surface area contributed by atoms with Gasteiger partial charge in [-0.05, 0) is 38.0 Å². The van der Waals surface area contributed by atoms with Gasteiger partial charge in [0.1, 0.15) is 0 Å². The van der Waals surface area contributed by atoms with Crippen molar-refractivity contribution in [2.75, 3.05) is 21.3 Å². The topological polar surface area (TPSA) is 57.1 Å². The van der Waals surface area contributed by atoms with Gasteiger partial charge < -0.3 is 13.3 Å². The third kappa shape index (κ3) is 4.30. The molecule has 0 aromatic rings. The molecule has 0 aromatic carbocycles. The molecule has 0 atom stereocenters. The summed E-state index contributed by atoms with van der Waals surface area (Å²) in [5.41, 5.74) is 0. The monoisotopic (exact) mass is 273 g/mol. The summed E-state index contributed by atoms with van der Waals surface area (Å²) in [6, 6.07) is 1.04. The number of isocyanates is 1. The molecule has 1 rings (SSSR count). The van der Waals surface area contributed by atoms with E-state index in [9.17, 15) is 4.79 Å². The average molecular weight is 273 g/mol. The van der Waals surface area contributed by atoms with E-state index in [1.807, 2.05) is 0 Å². The molecule has 0 heterocycles. The van der Waals surface area contributed by atoms with E-state index < -0.39 is 8.80 Å². The number of hydrogen-bond acceptors (Lipinski definition) is 5. The van der Waals surface area contributed by atoms with E-state index in [1.54, 1.807) is 27.4 Å². The Morgan fingerprint density at radius 1 is 1.11 bits per heavy atom. The molecule has 0 radical (unpaired) electrons. The molecule has 0 bridgehead atoms. The minimum Gasteiger partial charge on any atom is -0.377 e. The van der Waals surface area contributed by atoms with E-state index >= 15 is 0 Å². The lowest BCUT2D eigenvalue weighted by atomic mass is 9.85. The summed E-state index contributed by atoms with van der Waals surface area (Å²) >= 11 is 0. The highest BCUT2D eigenvalue weighted by atomic mass is 28.4. The summed E-state index contributed by atoms with van der Waals surface area (Å²) in [4.78, 5) is 14.0. The predicted molar refractivity (Wildman–Crippen MR) is 70.1 cm³/mol. The normalized spacial score (nSPS) is 24.6. The smallest absolute Gasteiger partial charge is 0.377 e. The van der Waals surface area contributed by atoms with Gasteiger partial charge in [-0.2, -0.15) is 0 Å². The quantitative estimate of drug-likeness (QED) is 0.405. The summed E-state index contributed by atoms with van der Waals surface area (Å²) in [6.45, 7) is 0. The third-order valence-corrected chi connectivity index (χ3v) is 6.61. The number of hydrogen-bond donors (Lipinski definition) is 0. The fraction of sp³-hybridized carbons (Fsp3) is 0.917. The van der Waals surface area contributed by atoms with Crippen LogP contribution in [0.25, 0.3) is 0 Å². The molecule has 1 saturated carbocycles. The average Bonchev–Trinajstić information content (AvgIpc) is 2.43. The zero-order valence-corrected chi connectivity index (χ0v) is 12.5. The van der Waals surface area contributed by atoms with Gasteiger partial charge in [0.15, 0.2) is 0 Å². The Balaban J connectivity index is 2.35. The molecule has 0 N–H and O–H groups in total. The van der Waals surface area contributed by atoms with Crippen molar-refractivity contribution in [3.05, 3.63) is 0 Å². The molecule has 1 fully saturated rings. The lowest BCUT2D eigenvalue weighted by Gasteiger charge is -2.29. The molecule has 0 aliphatic heterocycles. The molecule has 0 spiro atoms. The standard InChI is InChI=1S/C12H23NO4Si/c1-15-18(16-2,17-3)9-8-11-4-6-12(7-5-11)13-10-14/h11-12H,4-9H2,1-3H3. The van der Waals surface area contributed by atoms with Crippen molar-refractivity contribution in [1.82, 2.24) is 0 Å². The lowest BCUT2D eigenvalue weighted by Crippen LogP contribution is -2.43. The summed E-state index contributed by atoms with van der Waals surface area (Å²) in [5, 5.41) is 0. The first-order chi connectivity index (χ1) is 8.69. The highest BCUT2D eigenvalue weighted by Gasteiger charge is 2.38. The van der Waals surface area contributed by atoms with Crippen LogP contribution in [0.15, 0.2) is 4.99 Å². The molecule has 0 unspecified atom stereocenters. The van der Waals surface area contributed by atoms with Crippen molar-refractivity contribution in [3.8, 4) is 0 Å². The minimum absolute atomic E-state index is 0.188. The fourth-order valence-electron chi connectivity index (χ4n) is 2.57. The van der Waals surface area contributed by atoms with Crippen LogP contribution >= 0.6 is 0 Å². The molecular weight excluding hydrogens is 250 g/mol. The lowest BCUT2D eigenvalue weighted by molar-refractivity contribution is 0.120. The van der Waals surface area contributed by atoms with Crippen molar-refractivity contribution in [2.24, 2.45) is 10.9 Å². The van der Waals surface area contributed by atoms with Crippen LogP contribution in [-0.2, 0) is 18.1 Å². The van der Waals surface area contributed by atoms with E-state index in [-0.39, 0.29) is 6.04 Å². The van der Waals surface area contributed by atoms with E-state index in [4.69, 9.17) is 13.3 Å². The van der Waals surface area contributed by atoms with Crippen LogP contribution in [0.3, 0.4) is 0 Å². The van der Waals surface area contributed by atoms with Crippen molar-refractivity contribution in [1.29, 1.82) is 0 Å². The molecule has 5 nitrogen and oxygen atoms in total. The molecule has 104 valence electrons. The Morgan fingerprint density at radius 3 is 2.11 bits per heavy atom. The highest BCUT2D eigenvalue weighted by molar-refractivity contribution is 6.60. The molecule has 0 saturated heterocycles. The van der Waals surface area contributed by atoms with Gasteiger partial charge in [0.25, 0.3) is 0 Å². The Morgan fingerprint density at radius 2 is 1.67 bits per heavy atom. The maximum atomic E-state index is 10.2. The molecule has 1 aliphatic carbocycles. The van der Waals surface area contributed by atoms with Gasteiger partial charge in [0.2, 0.25) is 6.08 Å². The second-order valence-corrected chi connectivity index (χ2v) is 7.82. The number of nitrogens with zero attached hydrogens (tertiary/aromatic N) is 1. The molecular formula is C12H23NO4Si. The van der Waals surface area contributed by atoms with Crippen LogP contribution in [0.4, 0.5) is 0 Å². The van der Waals surface area contributed by atoms with Crippen molar-refractivity contribution < 1.29 is 18.1 Å². The Hall–Kier alpha value is -0.523. The van der Waals surface area contributed by atoms with Crippen molar-refractivity contribution in [3.63, 3.8) is 0 Å². The van der Waals surface area contributed by atoms with Gasteiger partial charge >= 0.3 is 8.80 Å². The van der Waals surface area contributed by atoms with Crippen LogP contribution in [0.5, 0.6) is 0 Å². The van der Waals surface area contributed by atoms with Crippen LogP contribution < -0.4 is 0 Å². The minimum atomic E-state index is -2.42. The second-order valence-electron chi connectivity index (χ2n) is 4.73. The molecule has 0 amide bonds. The second kappa shape index (κ2) is 7.81. The Bertz CT molecular complexity index is 274. The van der Waals surface area contributed by atoms with E-state index in [0.717, 1.165) is 38.1 Å². The summed E-state index contributed by atoms with van der Waals surface area (Å²) in [7, 11) is 2.52. The van der Waals surface area contributed by atoms with Gasteiger partial charge in [-0.15, -0.1) is 0 Å². The molecule has 6 heteroatoms. The highest BCUT2D eigenvalue weighted by Crippen LogP contribution is 2.31. The van der Waals surface area contributed by atoms with Crippen molar-refractivity contribution >= 4 is 14.9 Å². The third-order valence-electron chi connectivity index (χ3n) is 3.84. The van der Waals surface area contributed by atoms with Gasteiger partial charge in [-0.1, -0.05) is 0 Å². The first-order valence-electron chi connectivity index (χ1n) is 6.42. The van der Waals surface area contributed by atoms with Gasteiger partial charge in [-0.3, -0.25) is 0 Å². The molecule has 1 aliphatic rings. The van der Waals surface area contributed by atoms with Gasteiger partial charge in [0.05, 0.1) is 6.04 Å². The van der Waals surface area contributed by atoms with Crippen LogP contribution in [0, 0.1) is 5.92 Å². The van der Waals surface area contributed by atoms with E-state index in [1.165, 1.54) is 0 Å². The maximum Gasteiger partial charge on any atom is 0.500 e. The maximum absolute atomic E-state index is 10.2. The predicted octanol–water partition coefficient (Wildman–Crippen LogP) is 2.15. The largest absolute Gasteiger partial charge is 0.500 e. The zero-order valence-electron chi connectivity index (χ0n) is 11.5. The van der Waals surface area contributed by atoms with E-state index in [0.29, 0.717) is 5.92 Å². The van der Waals surface area contributed by atoms with Crippen LogP contribution in [0.2, 0.25) is 6.04 Å². The number of carbonyl (C=O) groups excluding carboxylic acids is 1. The molecule has 18 heavy (non-hydrogen) atoms. The summed E-state index contributed by atoms with van der Waals surface area (Å²) in [6.07, 6.45) is 6.90. The van der Waals surface area contributed by atoms with Crippen LogP contribution in [-0.4, -0.2) is 42.3 Å². The Kier molecular flexibility index (Phi) is 6.74. The van der Waals surface area contributed by atoms with Crippen molar-refractivity contribution in [2.45, 2.75) is 44.2 Å². The van der Waals surface area contributed by atoms with Gasteiger partial charge in [-0.25, -0.2) is 9.79 Å². The van der Waals surface area contributed by atoms with Crippen LogP contribution in [0.1, 0.15) is 32.1 Å². The summed E-state index contributed by atoms with van der Waals surface area (Å²) < 4.78 is 16.2. The van der Waals surface area contributed by atoms with E-state index in [2.05, 4.69) is 4.99 Å². The summed E-state index contributed by atoms with van der Waals surface area (Å²) in [5.74, 6) is 0.662.